The van der Waals surface area contributed by atoms with Crippen molar-refractivity contribution in [2.45, 2.75) is 6.42 Å². The predicted octanol–water partition coefficient (Wildman–Crippen LogP) is 3.67. The average Bonchev–Trinajstić information content (AvgIpc) is 3.16. The van der Waals surface area contributed by atoms with Crippen LogP contribution in [-0.2, 0) is 0 Å². The van der Waals surface area contributed by atoms with Crippen LogP contribution in [0.15, 0.2) is 46.1 Å². The van der Waals surface area contributed by atoms with Gasteiger partial charge in [0.05, 0.1) is 11.3 Å². The Labute approximate surface area is 119 Å². The molecule has 0 unspecified atom stereocenters. The number of hydrogen-bond donors (Lipinski definition) is 0. The zero-order chi connectivity index (χ0) is 13.1. The molecule has 5 heteroatoms. The molecule has 0 bridgehead atoms. The fraction of sp³-hybridized carbons (Fsp3) is 0.143. The van der Waals surface area contributed by atoms with E-state index in [0.717, 1.165) is 17.9 Å². The first-order valence-corrected chi connectivity index (χ1v) is 7.89. The summed E-state index contributed by atoms with van der Waals surface area (Å²) >= 11 is 3.36. The molecule has 0 aromatic carbocycles. The van der Waals surface area contributed by atoms with Crippen LogP contribution in [0.25, 0.3) is 6.08 Å². The number of hydrogen-bond acceptors (Lipinski definition) is 4. The molecule has 0 saturated heterocycles. The Hall–Kier alpha value is -1.59. The molecule has 0 fully saturated rings. The summed E-state index contributed by atoms with van der Waals surface area (Å²) < 4.78 is 1.39. The van der Waals surface area contributed by atoms with Crippen LogP contribution in [-0.4, -0.2) is 21.4 Å². The van der Waals surface area contributed by atoms with Gasteiger partial charge in [-0.2, -0.15) is 16.4 Å². The number of nitrogens with zero attached hydrogens (tertiary/aromatic N) is 2. The van der Waals surface area contributed by atoms with Crippen LogP contribution >= 0.6 is 23.1 Å². The summed E-state index contributed by atoms with van der Waals surface area (Å²) in [5.41, 5.74) is 1.48. The smallest absolute Gasteiger partial charge is 0.267 e. The zero-order valence-corrected chi connectivity index (χ0v) is 11.8. The number of thiophene rings is 1. The molecular weight excluding hydrogens is 276 g/mol. The SMILES string of the molecule is O=C(c1ccsc1)n1ccc(/C=C/C2=CCCS2)n1. The molecule has 1 aliphatic heterocycles. The molecule has 3 rings (SSSR count). The van der Waals surface area contributed by atoms with Crippen LogP contribution in [0.4, 0.5) is 0 Å². The number of allylic oxidation sites excluding steroid dienone is 2. The zero-order valence-electron chi connectivity index (χ0n) is 10.2. The first kappa shape index (κ1) is 12.4. The third kappa shape index (κ3) is 2.88. The quantitative estimate of drug-likeness (QED) is 0.864. The minimum atomic E-state index is -0.0876. The van der Waals surface area contributed by atoms with Gasteiger partial charge in [0.1, 0.15) is 0 Å². The Morgan fingerprint density at radius 1 is 1.37 bits per heavy atom. The van der Waals surface area contributed by atoms with Gasteiger partial charge in [0, 0.05) is 22.2 Å². The van der Waals surface area contributed by atoms with Gasteiger partial charge in [-0.15, -0.1) is 11.8 Å². The standard InChI is InChI=1S/C14H12N2OS2/c17-14(11-6-9-18-10-11)16-7-5-12(15-16)3-4-13-2-1-8-19-13/h2-7,9-10H,1,8H2/b4-3+. The lowest BCUT2D eigenvalue weighted by Crippen LogP contribution is -2.11. The lowest BCUT2D eigenvalue weighted by Gasteiger charge is -1.95. The monoisotopic (exact) mass is 288 g/mol. The van der Waals surface area contributed by atoms with Gasteiger partial charge in [-0.05, 0) is 36.1 Å². The molecule has 0 radical (unpaired) electrons. The number of thioether (sulfide) groups is 1. The van der Waals surface area contributed by atoms with E-state index in [1.54, 1.807) is 6.20 Å². The Morgan fingerprint density at radius 3 is 3.05 bits per heavy atom. The fourth-order valence-electron chi connectivity index (χ4n) is 1.78. The largest absolute Gasteiger partial charge is 0.278 e. The second-order valence-corrected chi connectivity index (χ2v) is 6.03. The molecule has 19 heavy (non-hydrogen) atoms. The summed E-state index contributed by atoms with van der Waals surface area (Å²) in [6.07, 6.45) is 9.06. The van der Waals surface area contributed by atoms with Gasteiger partial charge in [0.2, 0.25) is 0 Å². The molecule has 0 amide bonds. The number of aromatic nitrogens is 2. The van der Waals surface area contributed by atoms with Gasteiger partial charge >= 0.3 is 0 Å². The molecule has 2 aromatic heterocycles. The molecule has 0 N–H and O–H groups in total. The molecule has 0 atom stereocenters. The van der Waals surface area contributed by atoms with Gasteiger partial charge in [-0.3, -0.25) is 4.79 Å². The third-order valence-electron chi connectivity index (χ3n) is 2.74. The van der Waals surface area contributed by atoms with Crippen molar-refractivity contribution in [3.05, 3.63) is 57.4 Å². The van der Waals surface area contributed by atoms with Crippen molar-refractivity contribution in [3.8, 4) is 0 Å². The number of rotatable bonds is 3. The van der Waals surface area contributed by atoms with Crippen molar-refractivity contribution in [1.82, 2.24) is 9.78 Å². The normalized spacial score (nSPS) is 15.1. The van der Waals surface area contributed by atoms with Crippen molar-refractivity contribution >= 4 is 35.1 Å². The average molecular weight is 288 g/mol. The maximum atomic E-state index is 12.0. The number of carbonyl (C=O) groups is 1. The second-order valence-electron chi connectivity index (χ2n) is 4.08. The van der Waals surface area contributed by atoms with Crippen LogP contribution in [0.1, 0.15) is 22.5 Å². The van der Waals surface area contributed by atoms with Gasteiger partial charge in [-0.1, -0.05) is 6.08 Å². The van der Waals surface area contributed by atoms with Crippen molar-refractivity contribution in [2.24, 2.45) is 0 Å². The van der Waals surface area contributed by atoms with E-state index in [1.165, 1.54) is 20.9 Å². The van der Waals surface area contributed by atoms with Gasteiger partial charge in [0.15, 0.2) is 0 Å². The first-order chi connectivity index (χ1) is 9.33. The van der Waals surface area contributed by atoms with Crippen molar-refractivity contribution in [2.75, 3.05) is 5.75 Å². The molecule has 3 nitrogen and oxygen atoms in total. The summed E-state index contributed by atoms with van der Waals surface area (Å²) in [6.45, 7) is 0. The van der Waals surface area contributed by atoms with Crippen molar-refractivity contribution < 1.29 is 4.79 Å². The summed E-state index contributed by atoms with van der Waals surface area (Å²) in [5, 5.41) is 8.00. The van der Waals surface area contributed by atoms with Crippen molar-refractivity contribution in [3.63, 3.8) is 0 Å². The van der Waals surface area contributed by atoms with Crippen LogP contribution in [0, 0.1) is 0 Å². The Morgan fingerprint density at radius 2 is 2.32 bits per heavy atom. The van der Waals surface area contributed by atoms with E-state index in [9.17, 15) is 4.79 Å². The third-order valence-corrected chi connectivity index (χ3v) is 4.50. The lowest BCUT2D eigenvalue weighted by molar-refractivity contribution is 0.0945. The van der Waals surface area contributed by atoms with Crippen LogP contribution in [0.5, 0.6) is 0 Å². The summed E-state index contributed by atoms with van der Waals surface area (Å²) in [5.74, 6) is 1.07. The summed E-state index contributed by atoms with van der Waals surface area (Å²) in [4.78, 5) is 13.3. The Kier molecular flexibility index (Phi) is 3.66. The fourth-order valence-corrected chi connectivity index (χ4v) is 3.28. The van der Waals surface area contributed by atoms with E-state index in [1.807, 2.05) is 40.7 Å². The molecule has 96 valence electrons. The van der Waals surface area contributed by atoms with Crippen molar-refractivity contribution in [1.29, 1.82) is 0 Å². The van der Waals surface area contributed by atoms with Crippen LogP contribution in [0.2, 0.25) is 0 Å². The minimum absolute atomic E-state index is 0.0876. The van der Waals surface area contributed by atoms with E-state index >= 15 is 0 Å². The molecule has 0 aliphatic carbocycles. The highest BCUT2D eigenvalue weighted by atomic mass is 32.2. The molecule has 1 aliphatic rings. The van der Waals surface area contributed by atoms with Crippen LogP contribution < -0.4 is 0 Å². The number of carbonyl (C=O) groups excluding carboxylic acids is 1. The maximum absolute atomic E-state index is 12.0. The molecule has 2 aromatic rings. The van der Waals surface area contributed by atoms with E-state index in [-0.39, 0.29) is 5.91 Å². The molecular formula is C14H12N2OS2. The van der Waals surface area contributed by atoms with E-state index in [2.05, 4.69) is 17.3 Å². The highest BCUT2D eigenvalue weighted by Gasteiger charge is 2.09. The highest BCUT2D eigenvalue weighted by Crippen LogP contribution is 2.26. The van der Waals surface area contributed by atoms with E-state index in [0.29, 0.717) is 5.56 Å². The van der Waals surface area contributed by atoms with Gasteiger partial charge < -0.3 is 0 Å². The molecule has 0 spiro atoms. The lowest BCUT2D eigenvalue weighted by atomic mass is 10.3. The van der Waals surface area contributed by atoms with Gasteiger partial charge in [0.25, 0.3) is 5.91 Å². The van der Waals surface area contributed by atoms with Crippen LogP contribution in [0.3, 0.4) is 0 Å². The highest BCUT2D eigenvalue weighted by molar-refractivity contribution is 8.03. The minimum Gasteiger partial charge on any atom is -0.267 e. The second kappa shape index (κ2) is 5.59. The first-order valence-electron chi connectivity index (χ1n) is 5.96. The van der Waals surface area contributed by atoms with E-state index in [4.69, 9.17) is 0 Å². The molecule has 0 saturated carbocycles. The molecule has 3 heterocycles. The predicted molar refractivity (Wildman–Crippen MR) is 80.5 cm³/mol. The van der Waals surface area contributed by atoms with E-state index < -0.39 is 0 Å². The summed E-state index contributed by atoms with van der Waals surface area (Å²) in [6, 6.07) is 3.66. The summed E-state index contributed by atoms with van der Waals surface area (Å²) in [7, 11) is 0. The topological polar surface area (TPSA) is 34.9 Å². The maximum Gasteiger partial charge on any atom is 0.278 e. The van der Waals surface area contributed by atoms with Gasteiger partial charge in [-0.25, -0.2) is 4.68 Å². The Bertz CT molecular complexity index is 638. The Balaban J connectivity index is 1.74.